The van der Waals surface area contributed by atoms with Gasteiger partial charge in [-0.25, -0.2) is 4.39 Å². The van der Waals surface area contributed by atoms with E-state index in [1.165, 1.54) is 18.2 Å². The van der Waals surface area contributed by atoms with Gasteiger partial charge in [0.05, 0.1) is 11.4 Å². The minimum absolute atomic E-state index is 0.280. The van der Waals surface area contributed by atoms with Gasteiger partial charge < -0.3 is 16.0 Å². The molecule has 3 rings (SSSR count). The normalized spacial score (nSPS) is 15.3. The standard InChI is InChI=1S/C19H22FN3O/c1-13-7-9-23(10-8-13)18-6-5-16(12-17(18)21)22-19(24)14-3-2-4-15(20)11-14/h2-6,11-13H,7-10,21H2,1H3,(H,22,24). The van der Waals surface area contributed by atoms with Crippen LogP contribution in [-0.4, -0.2) is 19.0 Å². The first-order valence-electron chi connectivity index (χ1n) is 8.24. The van der Waals surface area contributed by atoms with E-state index in [1.807, 2.05) is 12.1 Å². The Morgan fingerprint density at radius 2 is 1.96 bits per heavy atom. The van der Waals surface area contributed by atoms with Gasteiger partial charge in [0.2, 0.25) is 0 Å². The maximum Gasteiger partial charge on any atom is 0.255 e. The molecule has 126 valence electrons. The van der Waals surface area contributed by atoms with Crippen LogP contribution in [0.15, 0.2) is 42.5 Å². The number of nitrogens with zero attached hydrogens (tertiary/aromatic N) is 1. The van der Waals surface area contributed by atoms with E-state index in [9.17, 15) is 9.18 Å². The second-order valence-electron chi connectivity index (χ2n) is 6.41. The van der Waals surface area contributed by atoms with Crippen LogP contribution in [0, 0.1) is 11.7 Å². The van der Waals surface area contributed by atoms with Gasteiger partial charge in [0.15, 0.2) is 0 Å². The van der Waals surface area contributed by atoms with E-state index in [4.69, 9.17) is 5.73 Å². The molecule has 0 spiro atoms. The number of nitrogens with two attached hydrogens (primary N) is 1. The molecule has 0 unspecified atom stereocenters. The highest BCUT2D eigenvalue weighted by molar-refractivity contribution is 6.04. The van der Waals surface area contributed by atoms with Crippen molar-refractivity contribution < 1.29 is 9.18 Å². The molecule has 1 amide bonds. The summed E-state index contributed by atoms with van der Waals surface area (Å²) in [5, 5.41) is 2.76. The molecular formula is C19H22FN3O. The van der Waals surface area contributed by atoms with Gasteiger partial charge in [0.1, 0.15) is 5.82 Å². The summed E-state index contributed by atoms with van der Waals surface area (Å²) in [5.41, 5.74) is 8.71. The Bertz CT molecular complexity index is 739. The zero-order valence-corrected chi connectivity index (χ0v) is 13.8. The lowest BCUT2D eigenvalue weighted by Gasteiger charge is -2.33. The second-order valence-corrected chi connectivity index (χ2v) is 6.41. The number of benzene rings is 2. The van der Waals surface area contributed by atoms with E-state index in [-0.39, 0.29) is 11.5 Å². The monoisotopic (exact) mass is 327 g/mol. The van der Waals surface area contributed by atoms with Gasteiger partial charge in [-0.05, 0) is 55.2 Å². The van der Waals surface area contributed by atoms with E-state index in [0.717, 1.165) is 37.5 Å². The molecule has 24 heavy (non-hydrogen) atoms. The highest BCUT2D eigenvalue weighted by Crippen LogP contribution is 2.30. The SMILES string of the molecule is CC1CCN(c2ccc(NC(=O)c3cccc(F)c3)cc2N)CC1. The van der Waals surface area contributed by atoms with Crippen molar-refractivity contribution in [3.8, 4) is 0 Å². The minimum Gasteiger partial charge on any atom is -0.397 e. The maximum atomic E-state index is 13.2. The first-order valence-corrected chi connectivity index (χ1v) is 8.24. The summed E-state index contributed by atoms with van der Waals surface area (Å²) >= 11 is 0. The van der Waals surface area contributed by atoms with Gasteiger partial charge in [-0.15, -0.1) is 0 Å². The Hall–Kier alpha value is -2.56. The van der Waals surface area contributed by atoms with Crippen molar-refractivity contribution >= 4 is 23.0 Å². The number of hydrogen-bond donors (Lipinski definition) is 2. The largest absolute Gasteiger partial charge is 0.397 e. The summed E-state index contributed by atoms with van der Waals surface area (Å²) < 4.78 is 13.2. The van der Waals surface area contributed by atoms with E-state index < -0.39 is 5.82 Å². The van der Waals surface area contributed by atoms with Crippen LogP contribution in [-0.2, 0) is 0 Å². The summed E-state index contributed by atoms with van der Waals surface area (Å²) in [6.45, 7) is 4.27. The number of piperidine rings is 1. The molecule has 1 aliphatic heterocycles. The van der Waals surface area contributed by atoms with Crippen LogP contribution >= 0.6 is 0 Å². The Morgan fingerprint density at radius 3 is 2.62 bits per heavy atom. The molecule has 1 fully saturated rings. The van der Waals surface area contributed by atoms with E-state index in [2.05, 4.69) is 17.1 Å². The molecule has 3 N–H and O–H groups in total. The summed E-state index contributed by atoms with van der Waals surface area (Å²) in [4.78, 5) is 14.5. The number of amides is 1. The number of carbonyl (C=O) groups excluding carboxylic acids is 1. The molecule has 4 nitrogen and oxygen atoms in total. The number of nitrogens with one attached hydrogen (secondary N) is 1. The third-order valence-electron chi connectivity index (χ3n) is 4.50. The van der Waals surface area contributed by atoms with Crippen molar-refractivity contribution in [2.24, 2.45) is 5.92 Å². The third-order valence-corrected chi connectivity index (χ3v) is 4.50. The molecule has 0 atom stereocenters. The van der Waals surface area contributed by atoms with Crippen LogP contribution in [0.4, 0.5) is 21.5 Å². The predicted octanol–water partition coefficient (Wildman–Crippen LogP) is 3.90. The zero-order chi connectivity index (χ0) is 17.1. The molecule has 1 heterocycles. The van der Waals surface area contributed by atoms with Crippen LogP contribution < -0.4 is 16.0 Å². The van der Waals surface area contributed by atoms with E-state index >= 15 is 0 Å². The highest BCUT2D eigenvalue weighted by Gasteiger charge is 2.18. The first kappa shape index (κ1) is 16.3. The van der Waals surface area contributed by atoms with Crippen molar-refractivity contribution in [1.82, 2.24) is 0 Å². The van der Waals surface area contributed by atoms with Crippen LogP contribution in [0.25, 0.3) is 0 Å². The van der Waals surface area contributed by atoms with Crippen molar-refractivity contribution in [3.63, 3.8) is 0 Å². The quantitative estimate of drug-likeness (QED) is 0.841. The average molecular weight is 327 g/mol. The molecule has 0 bridgehead atoms. The highest BCUT2D eigenvalue weighted by atomic mass is 19.1. The van der Waals surface area contributed by atoms with Crippen LogP contribution in [0.5, 0.6) is 0 Å². The molecule has 0 aliphatic carbocycles. The summed E-state index contributed by atoms with van der Waals surface area (Å²) in [5.74, 6) is -0.0300. The molecule has 1 saturated heterocycles. The fourth-order valence-electron chi connectivity index (χ4n) is 3.00. The third kappa shape index (κ3) is 3.67. The van der Waals surface area contributed by atoms with Crippen molar-refractivity contribution in [2.75, 3.05) is 29.0 Å². The topological polar surface area (TPSA) is 58.4 Å². The Kier molecular flexibility index (Phi) is 4.69. The summed E-state index contributed by atoms with van der Waals surface area (Å²) in [6.07, 6.45) is 2.33. The van der Waals surface area contributed by atoms with Crippen LogP contribution in [0.1, 0.15) is 30.1 Å². The molecule has 0 aromatic heterocycles. The van der Waals surface area contributed by atoms with Crippen molar-refractivity contribution in [1.29, 1.82) is 0 Å². The average Bonchev–Trinajstić information content (AvgIpc) is 2.56. The first-order chi connectivity index (χ1) is 11.5. The molecule has 1 aliphatic rings. The second kappa shape index (κ2) is 6.91. The lowest BCUT2D eigenvalue weighted by molar-refractivity contribution is 0.102. The predicted molar refractivity (Wildman–Crippen MR) is 95.8 cm³/mol. The van der Waals surface area contributed by atoms with Gasteiger partial charge >= 0.3 is 0 Å². The van der Waals surface area contributed by atoms with Gasteiger partial charge in [0.25, 0.3) is 5.91 Å². The van der Waals surface area contributed by atoms with Gasteiger partial charge in [-0.1, -0.05) is 13.0 Å². The Morgan fingerprint density at radius 1 is 1.21 bits per heavy atom. The number of hydrogen-bond acceptors (Lipinski definition) is 3. The molecule has 0 radical (unpaired) electrons. The number of halogens is 1. The van der Waals surface area contributed by atoms with Crippen LogP contribution in [0.2, 0.25) is 0 Å². The number of nitrogen functional groups attached to an aromatic ring is 1. The number of anilines is 3. The molecule has 0 saturated carbocycles. The number of carbonyl (C=O) groups is 1. The fourth-order valence-corrected chi connectivity index (χ4v) is 3.00. The lowest BCUT2D eigenvalue weighted by Crippen LogP contribution is -2.33. The number of rotatable bonds is 3. The smallest absolute Gasteiger partial charge is 0.255 e. The fraction of sp³-hybridized carbons (Fsp3) is 0.316. The van der Waals surface area contributed by atoms with Gasteiger partial charge in [0, 0.05) is 24.3 Å². The van der Waals surface area contributed by atoms with Crippen molar-refractivity contribution in [2.45, 2.75) is 19.8 Å². The zero-order valence-electron chi connectivity index (χ0n) is 13.8. The Balaban J connectivity index is 1.71. The molecular weight excluding hydrogens is 305 g/mol. The van der Waals surface area contributed by atoms with E-state index in [1.54, 1.807) is 12.1 Å². The molecule has 2 aromatic carbocycles. The summed E-state index contributed by atoms with van der Waals surface area (Å²) in [6, 6.07) is 11.1. The minimum atomic E-state index is -0.433. The Labute approximate surface area is 141 Å². The van der Waals surface area contributed by atoms with Gasteiger partial charge in [-0.3, -0.25) is 4.79 Å². The molecule has 5 heteroatoms. The lowest BCUT2D eigenvalue weighted by atomic mass is 9.98. The van der Waals surface area contributed by atoms with Crippen molar-refractivity contribution in [3.05, 3.63) is 53.8 Å². The van der Waals surface area contributed by atoms with E-state index in [0.29, 0.717) is 11.4 Å². The van der Waals surface area contributed by atoms with Gasteiger partial charge in [-0.2, -0.15) is 0 Å². The molecule has 2 aromatic rings. The summed E-state index contributed by atoms with van der Waals surface area (Å²) in [7, 11) is 0. The maximum absolute atomic E-state index is 13.2. The van der Waals surface area contributed by atoms with Crippen LogP contribution in [0.3, 0.4) is 0 Å².